The molecule has 132 valence electrons. The molecular formula is C21H21N3O2. The number of benzene rings is 2. The molecule has 2 N–H and O–H groups in total. The molecule has 1 aliphatic heterocycles. The maximum Gasteiger partial charge on any atom is 0.231 e. The minimum atomic E-state index is -0.679. The summed E-state index contributed by atoms with van der Waals surface area (Å²) >= 11 is 0. The highest BCUT2D eigenvalue weighted by molar-refractivity contribution is 5.98. The van der Waals surface area contributed by atoms with Gasteiger partial charge in [0.05, 0.1) is 12.0 Å². The van der Waals surface area contributed by atoms with Crippen LogP contribution in [0.25, 0.3) is 11.1 Å². The van der Waals surface area contributed by atoms with E-state index in [0.717, 1.165) is 16.7 Å². The largest absolute Gasteiger partial charge is 0.481 e. The Morgan fingerprint density at radius 3 is 2.65 bits per heavy atom. The smallest absolute Gasteiger partial charge is 0.231 e. The van der Waals surface area contributed by atoms with Crippen molar-refractivity contribution in [3.63, 3.8) is 0 Å². The molecule has 0 spiro atoms. The van der Waals surface area contributed by atoms with Gasteiger partial charge in [-0.05, 0) is 41.8 Å². The third kappa shape index (κ3) is 3.40. The molecule has 0 aromatic heterocycles. The second-order valence-electron chi connectivity index (χ2n) is 6.47. The number of carbonyl (C=O) groups is 1. The highest BCUT2D eigenvalue weighted by Crippen LogP contribution is 2.35. The van der Waals surface area contributed by atoms with E-state index in [9.17, 15) is 4.79 Å². The Bertz CT molecular complexity index is 913. The van der Waals surface area contributed by atoms with Crippen LogP contribution in [0.3, 0.4) is 0 Å². The van der Waals surface area contributed by atoms with E-state index in [-0.39, 0.29) is 24.9 Å². The van der Waals surface area contributed by atoms with Gasteiger partial charge in [-0.15, -0.1) is 6.42 Å². The minimum Gasteiger partial charge on any atom is -0.481 e. The lowest BCUT2D eigenvalue weighted by Crippen LogP contribution is -2.47. The van der Waals surface area contributed by atoms with Crippen molar-refractivity contribution in [1.29, 1.82) is 0 Å². The number of nitrogens with two attached hydrogens (primary N) is 1. The van der Waals surface area contributed by atoms with E-state index in [1.165, 1.54) is 4.90 Å². The molecule has 1 atom stereocenters. The van der Waals surface area contributed by atoms with Crippen molar-refractivity contribution >= 4 is 11.9 Å². The van der Waals surface area contributed by atoms with Crippen LogP contribution in [0.1, 0.15) is 18.9 Å². The first kappa shape index (κ1) is 17.6. The molecule has 2 aromatic rings. The van der Waals surface area contributed by atoms with Gasteiger partial charge >= 0.3 is 0 Å². The molecule has 1 aliphatic rings. The number of terminal acetylenes is 1. The molecule has 1 amide bonds. The number of guanidine groups is 1. The highest BCUT2D eigenvalue weighted by atomic mass is 16.5. The zero-order chi connectivity index (χ0) is 18.7. The maximum absolute atomic E-state index is 12.2. The number of rotatable bonds is 4. The number of nitrogens with zero attached hydrogens (tertiary/aromatic N) is 2. The monoisotopic (exact) mass is 347 g/mol. The van der Waals surface area contributed by atoms with E-state index in [2.05, 4.69) is 10.9 Å². The summed E-state index contributed by atoms with van der Waals surface area (Å²) in [6.45, 7) is 2.15. The molecule has 0 saturated carbocycles. The summed E-state index contributed by atoms with van der Waals surface area (Å²) in [5.41, 5.74) is 8.19. The summed E-state index contributed by atoms with van der Waals surface area (Å²) in [7, 11) is 1.64. The fourth-order valence-corrected chi connectivity index (χ4v) is 3.00. The van der Waals surface area contributed by atoms with E-state index >= 15 is 0 Å². The van der Waals surface area contributed by atoms with Gasteiger partial charge in [0.25, 0.3) is 0 Å². The van der Waals surface area contributed by atoms with Gasteiger partial charge in [-0.2, -0.15) is 0 Å². The normalized spacial score (nSPS) is 19.7. The van der Waals surface area contributed by atoms with Crippen LogP contribution >= 0.6 is 0 Å². The van der Waals surface area contributed by atoms with E-state index in [4.69, 9.17) is 16.9 Å². The molecule has 0 saturated heterocycles. The van der Waals surface area contributed by atoms with Gasteiger partial charge in [0.1, 0.15) is 12.4 Å². The lowest BCUT2D eigenvalue weighted by atomic mass is 9.86. The lowest BCUT2D eigenvalue weighted by Gasteiger charge is -2.33. The minimum absolute atomic E-state index is 0.0462. The Balaban J connectivity index is 1.97. The Hall–Kier alpha value is -3.26. The number of carbonyl (C=O) groups excluding carboxylic acids is 1. The van der Waals surface area contributed by atoms with Gasteiger partial charge in [0.15, 0.2) is 5.96 Å². The first-order valence-electron chi connectivity index (χ1n) is 8.32. The number of aliphatic imine (C=N–C) groups is 1. The average Bonchev–Trinajstić information content (AvgIpc) is 2.65. The van der Waals surface area contributed by atoms with Crippen LogP contribution in [0.2, 0.25) is 0 Å². The predicted octanol–water partition coefficient (Wildman–Crippen LogP) is 2.76. The lowest BCUT2D eigenvalue weighted by molar-refractivity contribution is -0.128. The van der Waals surface area contributed by atoms with Crippen LogP contribution in [0.4, 0.5) is 0 Å². The summed E-state index contributed by atoms with van der Waals surface area (Å²) in [5, 5.41) is 0. The topological polar surface area (TPSA) is 67.9 Å². The maximum atomic E-state index is 12.2. The fourth-order valence-electron chi connectivity index (χ4n) is 3.00. The van der Waals surface area contributed by atoms with Gasteiger partial charge in [0, 0.05) is 7.05 Å². The Labute approximate surface area is 153 Å². The molecule has 3 rings (SSSR count). The average molecular weight is 347 g/mol. The zero-order valence-corrected chi connectivity index (χ0v) is 14.9. The predicted molar refractivity (Wildman–Crippen MR) is 103 cm³/mol. The fraction of sp³-hybridized carbons (Fsp3) is 0.238. The highest BCUT2D eigenvalue weighted by Gasteiger charge is 2.36. The second-order valence-corrected chi connectivity index (χ2v) is 6.47. The second kappa shape index (κ2) is 6.93. The summed E-state index contributed by atoms with van der Waals surface area (Å²) < 4.78 is 5.50. The van der Waals surface area contributed by atoms with Gasteiger partial charge in [0.2, 0.25) is 5.91 Å². The molecule has 0 fully saturated rings. The van der Waals surface area contributed by atoms with E-state index in [0.29, 0.717) is 5.75 Å². The van der Waals surface area contributed by atoms with Gasteiger partial charge in [-0.3, -0.25) is 9.69 Å². The summed E-state index contributed by atoms with van der Waals surface area (Å²) in [6, 6.07) is 15.7. The van der Waals surface area contributed by atoms with E-state index in [1.807, 2.05) is 55.5 Å². The molecule has 0 bridgehead atoms. The quantitative estimate of drug-likeness (QED) is 0.865. The standard InChI is InChI=1S/C21H21N3O2/c1-4-11-26-18-10-6-8-16(13-18)15-7-5-9-17(12-15)21(2)14-19(25)24(3)20(22)23-21/h1,5-10,12-13H,11,14H2,2-3H3,(H2,22,23)/t21-/m1/s1. The van der Waals surface area contributed by atoms with Crippen molar-refractivity contribution in [2.24, 2.45) is 10.7 Å². The van der Waals surface area contributed by atoms with Crippen molar-refractivity contribution in [2.75, 3.05) is 13.7 Å². The molecule has 2 aromatic carbocycles. The van der Waals surface area contributed by atoms with E-state index in [1.54, 1.807) is 7.05 Å². The van der Waals surface area contributed by atoms with Crippen LogP contribution in [0, 0.1) is 12.3 Å². The molecule has 0 unspecified atom stereocenters. The van der Waals surface area contributed by atoms with Gasteiger partial charge in [-0.25, -0.2) is 4.99 Å². The first-order chi connectivity index (χ1) is 12.4. The number of amides is 1. The van der Waals surface area contributed by atoms with Crippen LogP contribution in [-0.2, 0) is 10.3 Å². The molecule has 5 nitrogen and oxygen atoms in total. The van der Waals surface area contributed by atoms with Gasteiger partial charge < -0.3 is 10.5 Å². The molecule has 5 heteroatoms. The summed E-state index contributed by atoms with van der Waals surface area (Å²) in [4.78, 5) is 18.2. The molecule has 0 aliphatic carbocycles. The molecule has 0 radical (unpaired) electrons. The van der Waals surface area contributed by atoms with Crippen LogP contribution < -0.4 is 10.5 Å². The van der Waals surface area contributed by atoms with Crippen molar-refractivity contribution in [2.45, 2.75) is 18.9 Å². The zero-order valence-electron chi connectivity index (χ0n) is 14.9. The van der Waals surface area contributed by atoms with E-state index < -0.39 is 5.54 Å². The van der Waals surface area contributed by atoms with Crippen molar-refractivity contribution in [3.8, 4) is 29.2 Å². The van der Waals surface area contributed by atoms with Crippen LogP contribution in [0.5, 0.6) is 5.75 Å². The van der Waals surface area contributed by atoms with Gasteiger partial charge in [-0.1, -0.05) is 36.3 Å². The Kier molecular flexibility index (Phi) is 4.68. The van der Waals surface area contributed by atoms with Crippen LogP contribution in [0.15, 0.2) is 53.5 Å². The summed E-state index contributed by atoms with van der Waals surface area (Å²) in [6.07, 6.45) is 5.52. The Morgan fingerprint density at radius 1 is 1.27 bits per heavy atom. The molecule has 26 heavy (non-hydrogen) atoms. The Morgan fingerprint density at radius 2 is 1.96 bits per heavy atom. The molecular weight excluding hydrogens is 326 g/mol. The first-order valence-corrected chi connectivity index (χ1v) is 8.32. The van der Waals surface area contributed by atoms with Crippen molar-refractivity contribution in [1.82, 2.24) is 4.90 Å². The number of ether oxygens (including phenoxy) is 1. The summed E-state index contributed by atoms with van der Waals surface area (Å²) in [5.74, 6) is 3.36. The number of hydrogen-bond donors (Lipinski definition) is 1. The van der Waals surface area contributed by atoms with Crippen LogP contribution in [-0.4, -0.2) is 30.4 Å². The van der Waals surface area contributed by atoms with Crippen molar-refractivity contribution in [3.05, 3.63) is 54.1 Å². The number of hydrogen-bond acceptors (Lipinski definition) is 4. The third-order valence-corrected chi connectivity index (χ3v) is 4.55. The third-order valence-electron chi connectivity index (χ3n) is 4.55. The SMILES string of the molecule is C#CCOc1cccc(-c2cccc([C@@]3(C)CC(=O)N(C)C(N)=N3)c2)c1. The molecule has 1 heterocycles. The van der Waals surface area contributed by atoms with Crippen molar-refractivity contribution < 1.29 is 9.53 Å².